The maximum Gasteiger partial charge on any atom is 0.410 e. The predicted octanol–water partition coefficient (Wildman–Crippen LogP) is 4.65. The molecule has 154 valence electrons. The summed E-state index contributed by atoms with van der Waals surface area (Å²) in [5.41, 5.74) is 1.56. The first-order valence-corrected chi connectivity index (χ1v) is 10.3. The lowest BCUT2D eigenvalue weighted by Gasteiger charge is -2.37. The molecule has 4 rings (SSSR count). The van der Waals surface area contributed by atoms with Gasteiger partial charge in [-0.1, -0.05) is 36.4 Å². The molecule has 2 fully saturated rings. The Balaban J connectivity index is 1.40. The molecule has 0 aliphatic carbocycles. The Bertz CT molecular complexity index is 972. The molecule has 2 aliphatic heterocycles. The van der Waals surface area contributed by atoms with Crippen LogP contribution in [0.3, 0.4) is 0 Å². The van der Waals surface area contributed by atoms with E-state index in [9.17, 15) is 14.0 Å². The Morgan fingerprint density at radius 2 is 1.77 bits per heavy atom. The standard InChI is InChI=1S/C24H23FN2O3/c25-22-12-16(10-11-26)6-9-21(22)23(28)18-13-19-7-8-20(14-18)27(19)24(29)30-15-17-4-2-1-3-5-17/h1-6,9,12,18-20H,7-8,10,13-15H2. The summed E-state index contributed by atoms with van der Waals surface area (Å²) in [5.74, 6) is -1.10. The highest BCUT2D eigenvalue weighted by atomic mass is 19.1. The summed E-state index contributed by atoms with van der Waals surface area (Å²) in [6, 6.07) is 15.8. The molecule has 0 spiro atoms. The number of Topliss-reactive ketones (excluding diaryl/α,β-unsaturated/α-hetero) is 1. The molecule has 0 N–H and O–H groups in total. The van der Waals surface area contributed by atoms with Crippen LogP contribution in [-0.4, -0.2) is 28.9 Å². The molecule has 2 bridgehead atoms. The van der Waals surface area contributed by atoms with E-state index in [1.165, 1.54) is 12.1 Å². The zero-order chi connectivity index (χ0) is 21.1. The maximum absolute atomic E-state index is 14.4. The van der Waals surface area contributed by atoms with Crippen molar-refractivity contribution >= 4 is 11.9 Å². The minimum Gasteiger partial charge on any atom is -0.445 e. The third kappa shape index (κ3) is 4.06. The Kier molecular flexibility index (Phi) is 5.80. The molecular formula is C24H23FN2O3. The third-order valence-electron chi connectivity index (χ3n) is 6.10. The second kappa shape index (κ2) is 8.66. The van der Waals surface area contributed by atoms with Crippen molar-refractivity contribution in [3.8, 4) is 6.07 Å². The van der Waals surface area contributed by atoms with Crippen molar-refractivity contribution in [3.05, 3.63) is 71.0 Å². The van der Waals surface area contributed by atoms with Crippen LogP contribution in [-0.2, 0) is 17.8 Å². The molecule has 6 heteroatoms. The number of amides is 1. The van der Waals surface area contributed by atoms with Crippen molar-refractivity contribution in [2.75, 3.05) is 0 Å². The summed E-state index contributed by atoms with van der Waals surface area (Å²) < 4.78 is 19.9. The molecule has 2 aliphatic rings. The van der Waals surface area contributed by atoms with Gasteiger partial charge in [-0.3, -0.25) is 4.79 Å². The van der Waals surface area contributed by atoms with Crippen LogP contribution in [0, 0.1) is 23.1 Å². The minimum absolute atomic E-state index is 0.0538. The summed E-state index contributed by atoms with van der Waals surface area (Å²) in [6.45, 7) is 0.220. The Morgan fingerprint density at radius 3 is 2.40 bits per heavy atom. The quantitative estimate of drug-likeness (QED) is 0.678. The number of rotatable bonds is 5. The van der Waals surface area contributed by atoms with Crippen molar-refractivity contribution in [3.63, 3.8) is 0 Å². The number of carbonyl (C=O) groups excluding carboxylic acids is 2. The Labute approximate surface area is 175 Å². The number of ketones is 1. The van der Waals surface area contributed by atoms with Gasteiger partial charge in [-0.25, -0.2) is 9.18 Å². The Hall–Kier alpha value is -3.20. The normalized spacial score (nSPS) is 22.4. The summed E-state index contributed by atoms with van der Waals surface area (Å²) in [6.07, 6.45) is 2.48. The van der Waals surface area contributed by atoms with Gasteiger partial charge in [0.25, 0.3) is 0 Å². The number of fused-ring (bicyclic) bond motifs is 2. The lowest BCUT2D eigenvalue weighted by Crippen LogP contribution is -2.48. The van der Waals surface area contributed by atoms with E-state index in [1.807, 2.05) is 36.4 Å². The highest BCUT2D eigenvalue weighted by Gasteiger charge is 2.46. The van der Waals surface area contributed by atoms with Gasteiger partial charge in [0, 0.05) is 18.0 Å². The average molecular weight is 406 g/mol. The lowest BCUT2D eigenvalue weighted by atomic mass is 9.84. The van der Waals surface area contributed by atoms with E-state index in [2.05, 4.69) is 0 Å². The predicted molar refractivity (Wildman–Crippen MR) is 108 cm³/mol. The number of halogens is 1. The van der Waals surface area contributed by atoms with Gasteiger partial charge in [0.2, 0.25) is 0 Å². The van der Waals surface area contributed by atoms with Crippen molar-refractivity contribution in [1.29, 1.82) is 5.26 Å². The number of ether oxygens (including phenoxy) is 1. The number of benzene rings is 2. The zero-order valence-corrected chi connectivity index (χ0v) is 16.6. The van der Waals surface area contributed by atoms with Gasteiger partial charge in [-0.15, -0.1) is 0 Å². The lowest BCUT2D eigenvalue weighted by molar-refractivity contribution is 0.0483. The highest BCUT2D eigenvalue weighted by Crippen LogP contribution is 2.40. The molecule has 1 amide bonds. The first-order chi connectivity index (χ1) is 14.6. The second-order valence-electron chi connectivity index (χ2n) is 8.01. The molecule has 30 heavy (non-hydrogen) atoms. The fourth-order valence-electron chi connectivity index (χ4n) is 4.66. The first kappa shape index (κ1) is 20.1. The monoisotopic (exact) mass is 406 g/mol. The molecule has 2 aromatic carbocycles. The van der Waals surface area contributed by atoms with Gasteiger partial charge >= 0.3 is 6.09 Å². The molecule has 2 aromatic rings. The van der Waals surface area contributed by atoms with Crippen molar-refractivity contribution in [2.45, 2.75) is 50.8 Å². The first-order valence-electron chi connectivity index (χ1n) is 10.3. The molecule has 2 heterocycles. The van der Waals surface area contributed by atoms with E-state index in [-0.39, 0.29) is 48.5 Å². The molecule has 2 atom stereocenters. The third-order valence-corrected chi connectivity index (χ3v) is 6.10. The number of nitrogens with zero attached hydrogens (tertiary/aromatic N) is 2. The zero-order valence-electron chi connectivity index (χ0n) is 16.6. The average Bonchev–Trinajstić information content (AvgIpc) is 3.02. The van der Waals surface area contributed by atoms with Gasteiger partial charge in [-0.05, 0) is 48.9 Å². The summed E-state index contributed by atoms with van der Waals surface area (Å²) in [5, 5.41) is 8.75. The van der Waals surface area contributed by atoms with Gasteiger partial charge in [0.15, 0.2) is 5.78 Å². The Morgan fingerprint density at radius 1 is 1.07 bits per heavy atom. The minimum atomic E-state index is -0.579. The topological polar surface area (TPSA) is 70.4 Å². The SMILES string of the molecule is N#CCc1ccc(C(=O)C2CC3CCC(C2)N3C(=O)OCc2ccccc2)c(F)c1. The molecule has 0 aromatic heterocycles. The molecule has 2 unspecified atom stereocenters. The molecule has 0 radical (unpaired) electrons. The van der Waals surface area contributed by atoms with Gasteiger partial charge in [-0.2, -0.15) is 5.26 Å². The molecule has 2 saturated heterocycles. The van der Waals surface area contributed by atoms with E-state index in [0.29, 0.717) is 18.4 Å². The maximum atomic E-state index is 14.4. The summed E-state index contributed by atoms with van der Waals surface area (Å²) >= 11 is 0. The van der Waals surface area contributed by atoms with Crippen LogP contribution in [0.25, 0.3) is 0 Å². The number of piperidine rings is 1. The molecular weight excluding hydrogens is 383 g/mol. The van der Waals surface area contributed by atoms with Crippen LogP contribution < -0.4 is 0 Å². The molecule has 0 saturated carbocycles. The van der Waals surface area contributed by atoms with Gasteiger partial charge in [0.05, 0.1) is 18.1 Å². The highest BCUT2D eigenvalue weighted by molar-refractivity contribution is 5.98. The largest absolute Gasteiger partial charge is 0.445 e. The smallest absolute Gasteiger partial charge is 0.410 e. The van der Waals surface area contributed by atoms with Crippen LogP contribution in [0.1, 0.15) is 47.2 Å². The van der Waals surface area contributed by atoms with Crippen LogP contribution >= 0.6 is 0 Å². The number of nitriles is 1. The number of carbonyl (C=O) groups is 2. The van der Waals surface area contributed by atoms with Crippen LogP contribution in [0.15, 0.2) is 48.5 Å². The van der Waals surface area contributed by atoms with Crippen molar-refractivity contribution in [1.82, 2.24) is 4.90 Å². The van der Waals surface area contributed by atoms with E-state index in [4.69, 9.17) is 10.00 Å². The summed E-state index contributed by atoms with van der Waals surface area (Å²) in [4.78, 5) is 27.4. The number of hydrogen-bond acceptors (Lipinski definition) is 4. The van der Waals surface area contributed by atoms with Crippen LogP contribution in [0.5, 0.6) is 0 Å². The van der Waals surface area contributed by atoms with E-state index >= 15 is 0 Å². The summed E-state index contributed by atoms with van der Waals surface area (Å²) in [7, 11) is 0. The van der Waals surface area contributed by atoms with Crippen LogP contribution in [0.2, 0.25) is 0 Å². The van der Waals surface area contributed by atoms with Crippen molar-refractivity contribution < 1.29 is 18.7 Å². The fraction of sp³-hybridized carbons (Fsp3) is 0.375. The van der Waals surface area contributed by atoms with Gasteiger partial charge < -0.3 is 9.64 Å². The van der Waals surface area contributed by atoms with Gasteiger partial charge in [0.1, 0.15) is 12.4 Å². The number of hydrogen-bond donors (Lipinski definition) is 0. The fourth-order valence-corrected chi connectivity index (χ4v) is 4.66. The second-order valence-corrected chi connectivity index (χ2v) is 8.01. The molecule has 5 nitrogen and oxygen atoms in total. The van der Waals surface area contributed by atoms with Crippen molar-refractivity contribution in [2.24, 2.45) is 5.92 Å². The van der Waals surface area contributed by atoms with E-state index < -0.39 is 5.82 Å². The van der Waals surface area contributed by atoms with Crippen LogP contribution in [0.4, 0.5) is 9.18 Å². The van der Waals surface area contributed by atoms with E-state index in [1.54, 1.807) is 11.0 Å². The van der Waals surface area contributed by atoms with E-state index in [0.717, 1.165) is 18.4 Å².